The third-order valence-corrected chi connectivity index (χ3v) is 12.4. The van der Waals surface area contributed by atoms with E-state index >= 15 is 0 Å². The Hall–Kier alpha value is -5.24. The van der Waals surface area contributed by atoms with Crippen molar-refractivity contribution in [3.8, 4) is 44.5 Å². The number of fused-ring (bicyclic) bond motifs is 5. The lowest BCUT2D eigenvalue weighted by molar-refractivity contribution is 0.597. The van der Waals surface area contributed by atoms with Crippen LogP contribution in [-0.4, -0.2) is 0 Å². The molecule has 0 unspecified atom stereocenters. The maximum Gasteiger partial charge on any atom is 0.0393 e. The summed E-state index contributed by atoms with van der Waals surface area (Å²) in [5.41, 5.74) is 13.2. The smallest absolute Gasteiger partial charge is 0.0393 e. The minimum absolute atomic E-state index is 0.00483. The van der Waals surface area contributed by atoms with Crippen molar-refractivity contribution < 1.29 is 0 Å². The van der Waals surface area contributed by atoms with Gasteiger partial charge in [-0.2, -0.15) is 0 Å². The second-order valence-corrected chi connectivity index (χ2v) is 17.8. The summed E-state index contributed by atoms with van der Waals surface area (Å²) in [4.78, 5) is 0. The van der Waals surface area contributed by atoms with Gasteiger partial charge in [0.25, 0.3) is 0 Å². The van der Waals surface area contributed by atoms with Crippen LogP contribution in [0.3, 0.4) is 0 Å². The van der Waals surface area contributed by atoms with Gasteiger partial charge in [0.05, 0.1) is 0 Å². The van der Waals surface area contributed by atoms with Crippen molar-refractivity contribution in [2.75, 3.05) is 0 Å². The molecule has 0 radical (unpaired) electrons. The molecule has 1 aliphatic carbocycles. The second-order valence-electron chi connectivity index (χ2n) is 16.8. The normalized spacial score (nSPS) is 13.2. The van der Waals surface area contributed by atoms with Gasteiger partial charge in [0.1, 0.15) is 0 Å². The molecule has 0 aliphatic heterocycles. The highest BCUT2D eigenvalue weighted by Gasteiger charge is 2.25. The molecule has 0 N–H and O–H groups in total. The molecule has 260 valence electrons. The summed E-state index contributed by atoms with van der Waals surface area (Å²) in [5.74, 6) is 0. The van der Waals surface area contributed by atoms with Crippen LogP contribution >= 0.6 is 11.3 Å². The van der Waals surface area contributed by atoms with E-state index in [0.717, 1.165) is 12.8 Å². The van der Waals surface area contributed by atoms with E-state index in [4.69, 9.17) is 0 Å². The Morgan fingerprint density at radius 3 is 1.51 bits per heavy atom. The fourth-order valence-electron chi connectivity index (χ4n) is 8.51. The van der Waals surface area contributed by atoms with E-state index in [0.29, 0.717) is 0 Å². The molecule has 1 aliphatic rings. The summed E-state index contributed by atoms with van der Waals surface area (Å²) in [6.45, 7) is 14.1. The summed E-state index contributed by atoms with van der Waals surface area (Å²) >= 11 is 1.98. The van der Waals surface area contributed by atoms with Gasteiger partial charge in [-0.3, -0.25) is 0 Å². The average Bonchev–Trinajstić information content (AvgIpc) is 3.55. The van der Waals surface area contributed by atoms with Crippen molar-refractivity contribution in [2.45, 2.75) is 65.2 Å². The zero-order chi connectivity index (χ0) is 36.5. The fraction of sp³-hybridized carbons (Fsp3) is 0.192. The molecule has 0 amide bonds. The number of rotatable bonds is 4. The highest BCUT2D eigenvalue weighted by atomic mass is 32.1. The predicted octanol–water partition coefficient (Wildman–Crippen LogP) is 13.8. The third-order valence-electron chi connectivity index (χ3n) is 11.1. The topological polar surface area (TPSA) is 0 Å². The summed E-state index contributed by atoms with van der Waals surface area (Å²) < 4.78 is 2.84. The largest absolute Gasteiger partial charge is 0.135 e. The lowest BCUT2D eigenvalue weighted by Gasteiger charge is -2.21. The van der Waals surface area contributed by atoms with Gasteiger partial charge in [-0.25, -0.2) is 0 Å². The van der Waals surface area contributed by atoms with Crippen LogP contribution in [0.4, 0.5) is 0 Å². The van der Waals surface area contributed by atoms with Crippen LogP contribution < -0.4 is 10.4 Å². The second kappa shape index (κ2) is 12.7. The highest BCUT2D eigenvalue weighted by molar-refractivity contribution is 7.26. The quantitative estimate of drug-likeness (QED) is 0.171. The first kappa shape index (κ1) is 33.6. The van der Waals surface area contributed by atoms with Crippen LogP contribution in [0.5, 0.6) is 0 Å². The van der Waals surface area contributed by atoms with Gasteiger partial charge in [0.2, 0.25) is 0 Å². The standard InChI is InChI=1S/C52H46S/c1-51(2,3)45-26-16-25-42-44-31-38(32-46(52(4,5)6)50(44)53-49(42)45)36-22-15-21-35(29-36)37-27-28-41-43(30-37)48(34-19-11-8-12-20-34)40-24-14-13-23-39(40)47(41)33-17-9-7-10-18-33/h7-12,15-32H,13-14H2,1-6H3. The minimum Gasteiger partial charge on any atom is -0.135 e. The molecule has 0 saturated heterocycles. The molecule has 0 saturated carbocycles. The third kappa shape index (κ3) is 5.83. The molecule has 0 bridgehead atoms. The molecule has 0 nitrogen and oxygen atoms in total. The van der Waals surface area contributed by atoms with Crippen LogP contribution in [0.25, 0.3) is 87.6 Å². The zero-order valence-electron chi connectivity index (χ0n) is 31.7. The molecular weight excluding hydrogens is 657 g/mol. The molecule has 0 atom stereocenters. The van der Waals surface area contributed by atoms with E-state index < -0.39 is 0 Å². The number of benzene rings is 7. The van der Waals surface area contributed by atoms with Gasteiger partial charge in [0, 0.05) is 20.2 Å². The number of hydrogen-bond acceptors (Lipinski definition) is 1. The molecule has 1 heteroatoms. The van der Waals surface area contributed by atoms with Gasteiger partial charge in [0.15, 0.2) is 0 Å². The minimum atomic E-state index is 0.00483. The summed E-state index contributed by atoms with van der Waals surface area (Å²) in [6, 6.07) is 50.2. The molecule has 0 spiro atoms. The van der Waals surface area contributed by atoms with Gasteiger partial charge < -0.3 is 0 Å². The van der Waals surface area contributed by atoms with Crippen LogP contribution in [0.2, 0.25) is 0 Å². The molecule has 1 heterocycles. The Morgan fingerprint density at radius 1 is 0.377 bits per heavy atom. The number of thiophene rings is 1. The van der Waals surface area contributed by atoms with Crippen molar-refractivity contribution >= 4 is 54.4 Å². The first-order valence-corrected chi connectivity index (χ1v) is 19.9. The molecule has 8 aromatic rings. The Labute approximate surface area is 317 Å². The molecule has 1 aromatic heterocycles. The fourth-order valence-corrected chi connectivity index (χ4v) is 10.2. The van der Waals surface area contributed by atoms with E-state index in [1.165, 1.54) is 97.0 Å². The van der Waals surface area contributed by atoms with Crippen LogP contribution in [0, 0.1) is 0 Å². The van der Waals surface area contributed by atoms with E-state index in [1.54, 1.807) is 0 Å². The molecule has 53 heavy (non-hydrogen) atoms. The first-order valence-electron chi connectivity index (χ1n) is 19.1. The van der Waals surface area contributed by atoms with Crippen molar-refractivity contribution in [3.63, 3.8) is 0 Å². The molecule has 0 fully saturated rings. The maximum absolute atomic E-state index is 2.47. The van der Waals surface area contributed by atoms with Crippen molar-refractivity contribution in [1.82, 2.24) is 0 Å². The van der Waals surface area contributed by atoms with E-state index in [9.17, 15) is 0 Å². The summed E-state index contributed by atoms with van der Waals surface area (Å²) in [6.07, 6.45) is 7.06. The van der Waals surface area contributed by atoms with E-state index in [-0.39, 0.29) is 10.8 Å². The van der Waals surface area contributed by atoms with Gasteiger partial charge in [-0.1, -0.05) is 163 Å². The van der Waals surface area contributed by atoms with Crippen LogP contribution in [-0.2, 0) is 10.8 Å². The first-order chi connectivity index (χ1) is 25.6. The van der Waals surface area contributed by atoms with Gasteiger partial charge in [-0.05, 0) is 125 Å². The van der Waals surface area contributed by atoms with Crippen molar-refractivity contribution in [3.05, 3.63) is 155 Å². The van der Waals surface area contributed by atoms with Crippen molar-refractivity contribution in [1.29, 1.82) is 0 Å². The van der Waals surface area contributed by atoms with E-state index in [1.807, 2.05) is 11.3 Å². The lowest BCUT2D eigenvalue weighted by Crippen LogP contribution is -2.31. The Balaban J connectivity index is 1.27. The molecule has 7 aromatic carbocycles. The highest BCUT2D eigenvalue weighted by Crippen LogP contribution is 2.46. The number of hydrogen-bond donors (Lipinski definition) is 0. The Morgan fingerprint density at radius 2 is 0.887 bits per heavy atom. The Kier molecular flexibility index (Phi) is 8.06. The average molecular weight is 703 g/mol. The summed E-state index contributed by atoms with van der Waals surface area (Å²) in [5, 5.41) is 8.08. The van der Waals surface area contributed by atoms with E-state index in [2.05, 4.69) is 187 Å². The van der Waals surface area contributed by atoms with Crippen molar-refractivity contribution in [2.24, 2.45) is 0 Å². The monoisotopic (exact) mass is 702 g/mol. The predicted molar refractivity (Wildman–Crippen MR) is 233 cm³/mol. The zero-order valence-corrected chi connectivity index (χ0v) is 32.5. The Bertz CT molecular complexity index is 2820. The van der Waals surface area contributed by atoms with Crippen LogP contribution in [0.15, 0.2) is 133 Å². The molecule has 9 rings (SSSR count). The lowest BCUT2D eigenvalue weighted by atomic mass is 9.83. The summed E-state index contributed by atoms with van der Waals surface area (Å²) in [7, 11) is 0. The molecular formula is C52H46S. The maximum atomic E-state index is 2.47. The van der Waals surface area contributed by atoms with Gasteiger partial charge >= 0.3 is 0 Å². The van der Waals surface area contributed by atoms with Gasteiger partial charge in [-0.15, -0.1) is 11.3 Å². The van der Waals surface area contributed by atoms with Crippen LogP contribution in [0.1, 0.15) is 65.5 Å². The SMILES string of the molecule is CC(C)(C)c1cccc2c1sc1c(C(C)(C)C)cc(-c3cccc(-c4ccc5c(-c6ccccc6)c6c(c(-c7ccccc7)c5c4)=CCCC=6)c3)cc12.